The highest BCUT2D eigenvalue weighted by Gasteiger charge is 2.44. The molecule has 1 aliphatic carbocycles. The van der Waals surface area contributed by atoms with Gasteiger partial charge in [-0.2, -0.15) is 17.5 Å². The molecule has 0 N–H and O–H groups in total. The second-order valence-electron chi connectivity index (χ2n) is 3.99. The third-order valence-electron chi connectivity index (χ3n) is 2.21. The van der Waals surface area contributed by atoms with Gasteiger partial charge in [-0.15, -0.1) is 0 Å². The molecule has 0 aromatic rings. The van der Waals surface area contributed by atoms with E-state index in [1.54, 1.807) is 0 Å². The van der Waals surface area contributed by atoms with Crippen LogP contribution in [0.25, 0.3) is 0 Å². The molecule has 0 amide bonds. The number of hydrogen-bond donors (Lipinski definition) is 0. The minimum atomic E-state index is -4.47. The predicted octanol–water partition coefficient (Wildman–Crippen LogP) is 1.75. The smallest absolute Gasteiger partial charge is 0.212 e. The summed E-state index contributed by atoms with van der Waals surface area (Å²) in [6.45, 7) is 1.42. The Labute approximate surface area is 87.3 Å². The maximum atomic E-state index is 12.2. The molecule has 0 unspecified atom stereocenters. The summed E-state index contributed by atoms with van der Waals surface area (Å²) < 4.78 is 60.4. The van der Waals surface area contributed by atoms with Crippen molar-refractivity contribution in [2.24, 2.45) is 0 Å². The SMILES string of the molecule is CC(C)S(=O)(=O)N(CC(F)(F)F)C1CC1. The van der Waals surface area contributed by atoms with Crippen molar-refractivity contribution in [2.45, 2.75) is 44.2 Å². The average molecular weight is 245 g/mol. The van der Waals surface area contributed by atoms with Crippen molar-refractivity contribution >= 4 is 10.0 Å². The molecule has 7 heteroatoms. The average Bonchev–Trinajstić information content (AvgIpc) is 2.80. The summed E-state index contributed by atoms with van der Waals surface area (Å²) in [7, 11) is -3.80. The third-order valence-corrected chi connectivity index (χ3v) is 4.48. The van der Waals surface area contributed by atoms with E-state index in [9.17, 15) is 21.6 Å². The molecule has 1 saturated carbocycles. The first kappa shape index (κ1) is 12.8. The van der Waals surface area contributed by atoms with Crippen LogP contribution in [0.15, 0.2) is 0 Å². The van der Waals surface area contributed by atoms with Gasteiger partial charge in [-0.25, -0.2) is 8.42 Å². The van der Waals surface area contributed by atoms with Crippen LogP contribution >= 0.6 is 0 Å². The van der Waals surface area contributed by atoms with Crippen molar-refractivity contribution in [3.8, 4) is 0 Å². The number of hydrogen-bond acceptors (Lipinski definition) is 2. The fourth-order valence-corrected chi connectivity index (χ4v) is 2.73. The van der Waals surface area contributed by atoms with E-state index in [0.29, 0.717) is 17.1 Å². The van der Waals surface area contributed by atoms with E-state index in [-0.39, 0.29) is 0 Å². The molecule has 0 saturated heterocycles. The topological polar surface area (TPSA) is 37.4 Å². The van der Waals surface area contributed by atoms with Crippen LogP contribution in [0.5, 0.6) is 0 Å². The molecule has 1 fully saturated rings. The first-order valence-electron chi connectivity index (χ1n) is 4.72. The molecule has 1 rings (SSSR count). The van der Waals surface area contributed by atoms with Crippen molar-refractivity contribution in [2.75, 3.05) is 6.54 Å². The summed E-state index contributed by atoms with van der Waals surface area (Å²) >= 11 is 0. The van der Waals surface area contributed by atoms with Crippen molar-refractivity contribution < 1.29 is 21.6 Å². The van der Waals surface area contributed by atoms with Crippen LogP contribution in [-0.4, -0.2) is 36.7 Å². The lowest BCUT2D eigenvalue weighted by molar-refractivity contribution is -0.137. The van der Waals surface area contributed by atoms with Crippen molar-refractivity contribution in [1.29, 1.82) is 0 Å². The van der Waals surface area contributed by atoms with Crippen LogP contribution in [0.2, 0.25) is 0 Å². The zero-order valence-corrected chi connectivity index (χ0v) is 9.40. The van der Waals surface area contributed by atoms with E-state index in [0.717, 1.165) is 0 Å². The number of alkyl halides is 3. The van der Waals surface area contributed by atoms with Gasteiger partial charge in [-0.3, -0.25) is 0 Å². The summed E-state index contributed by atoms with van der Waals surface area (Å²) in [6, 6.07) is -0.445. The minimum Gasteiger partial charge on any atom is -0.212 e. The van der Waals surface area contributed by atoms with Crippen LogP contribution in [0.1, 0.15) is 26.7 Å². The maximum absolute atomic E-state index is 12.2. The lowest BCUT2D eigenvalue weighted by Crippen LogP contribution is -2.43. The Hall–Kier alpha value is -0.300. The molecule has 90 valence electrons. The molecular weight excluding hydrogens is 231 g/mol. The van der Waals surface area contributed by atoms with Gasteiger partial charge in [-0.05, 0) is 26.7 Å². The fraction of sp³-hybridized carbons (Fsp3) is 1.00. The van der Waals surface area contributed by atoms with Gasteiger partial charge < -0.3 is 0 Å². The standard InChI is InChI=1S/C8H14F3NO2S/c1-6(2)15(13,14)12(7-3-4-7)5-8(9,10)11/h6-7H,3-5H2,1-2H3. The summed E-state index contributed by atoms with van der Waals surface area (Å²) in [5, 5.41) is -0.805. The molecule has 15 heavy (non-hydrogen) atoms. The van der Waals surface area contributed by atoms with Crippen LogP contribution in [-0.2, 0) is 10.0 Å². The normalized spacial score (nSPS) is 18.9. The van der Waals surface area contributed by atoms with Gasteiger partial charge in [0.2, 0.25) is 10.0 Å². The molecule has 0 aromatic heterocycles. The molecule has 0 aliphatic heterocycles. The summed E-state index contributed by atoms with van der Waals surface area (Å²) in [5.74, 6) is 0. The van der Waals surface area contributed by atoms with Crippen LogP contribution in [0, 0.1) is 0 Å². The Morgan fingerprint density at radius 1 is 1.33 bits per heavy atom. The summed E-state index contributed by atoms with van der Waals surface area (Å²) in [4.78, 5) is 0. The van der Waals surface area contributed by atoms with Crippen LogP contribution in [0.4, 0.5) is 13.2 Å². The Kier molecular flexibility index (Phi) is 3.35. The predicted molar refractivity (Wildman–Crippen MR) is 49.8 cm³/mol. The van der Waals surface area contributed by atoms with Crippen molar-refractivity contribution in [3.63, 3.8) is 0 Å². The summed E-state index contributed by atoms with van der Waals surface area (Å²) in [5.41, 5.74) is 0. The lowest BCUT2D eigenvalue weighted by Gasteiger charge is -2.24. The molecule has 1 aliphatic rings. The lowest BCUT2D eigenvalue weighted by atomic mass is 10.6. The van der Waals surface area contributed by atoms with E-state index >= 15 is 0 Å². The number of rotatable bonds is 4. The third kappa shape index (κ3) is 3.34. The monoisotopic (exact) mass is 245 g/mol. The fourth-order valence-electron chi connectivity index (χ4n) is 1.24. The van der Waals surface area contributed by atoms with Gasteiger partial charge in [0.1, 0.15) is 6.54 Å². The van der Waals surface area contributed by atoms with Gasteiger partial charge in [-0.1, -0.05) is 0 Å². The first-order valence-corrected chi connectivity index (χ1v) is 6.22. The van der Waals surface area contributed by atoms with Crippen molar-refractivity contribution in [1.82, 2.24) is 4.31 Å². The molecule has 0 bridgehead atoms. The number of sulfonamides is 1. The van der Waals surface area contributed by atoms with Gasteiger partial charge in [0.15, 0.2) is 0 Å². The largest absolute Gasteiger partial charge is 0.402 e. The summed E-state index contributed by atoms with van der Waals surface area (Å²) in [6.07, 6.45) is -3.41. The Morgan fingerprint density at radius 3 is 2.07 bits per heavy atom. The molecule has 0 heterocycles. The Morgan fingerprint density at radius 2 is 1.80 bits per heavy atom. The molecule has 0 aromatic carbocycles. The molecule has 0 radical (unpaired) electrons. The first-order chi connectivity index (χ1) is 6.64. The number of nitrogens with zero attached hydrogens (tertiary/aromatic N) is 1. The van der Waals surface area contributed by atoms with Gasteiger partial charge in [0.05, 0.1) is 5.25 Å². The highest BCUT2D eigenvalue weighted by Crippen LogP contribution is 2.33. The molecule has 3 nitrogen and oxygen atoms in total. The van der Waals surface area contributed by atoms with Gasteiger partial charge in [0, 0.05) is 6.04 Å². The zero-order chi connectivity index (χ0) is 11.9. The highest BCUT2D eigenvalue weighted by molar-refractivity contribution is 7.89. The Bertz CT molecular complexity index is 319. The molecule has 0 atom stereocenters. The van der Waals surface area contributed by atoms with E-state index in [1.165, 1.54) is 13.8 Å². The van der Waals surface area contributed by atoms with Gasteiger partial charge >= 0.3 is 6.18 Å². The minimum absolute atomic E-state index is 0.445. The molecule has 0 spiro atoms. The quantitative estimate of drug-likeness (QED) is 0.756. The van der Waals surface area contributed by atoms with E-state index < -0.39 is 34.0 Å². The maximum Gasteiger partial charge on any atom is 0.402 e. The highest BCUT2D eigenvalue weighted by atomic mass is 32.2. The van der Waals surface area contributed by atoms with Crippen LogP contribution in [0.3, 0.4) is 0 Å². The van der Waals surface area contributed by atoms with E-state index in [4.69, 9.17) is 0 Å². The second-order valence-corrected chi connectivity index (χ2v) is 6.43. The second kappa shape index (κ2) is 3.93. The van der Waals surface area contributed by atoms with E-state index in [2.05, 4.69) is 0 Å². The van der Waals surface area contributed by atoms with Gasteiger partial charge in [0.25, 0.3) is 0 Å². The number of halogens is 3. The Balaban J connectivity index is 2.84. The zero-order valence-electron chi connectivity index (χ0n) is 8.58. The van der Waals surface area contributed by atoms with Crippen LogP contribution < -0.4 is 0 Å². The van der Waals surface area contributed by atoms with E-state index in [1.807, 2.05) is 0 Å². The molecular formula is C8H14F3NO2S. The van der Waals surface area contributed by atoms with Crippen molar-refractivity contribution in [3.05, 3.63) is 0 Å².